The Morgan fingerprint density at radius 3 is 3.00 bits per heavy atom. The molecule has 0 bridgehead atoms. The number of hydrogen-bond donors (Lipinski definition) is 2. The molecule has 2 rings (SSSR count). The summed E-state index contributed by atoms with van der Waals surface area (Å²) in [7, 11) is 0. The Labute approximate surface area is 92.3 Å². The summed E-state index contributed by atoms with van der Waals surface area (Å²) in [5.41, 5.74) is 0.654. The molecule has 6 heteroatoms. The van der Waals surface area contributed by atoms with Gasteiger partial charge in [-0.1, -0.05) is 13.8 Å². The quantitative estimate of drug-likeness (QED) is 0.785. The average molecular weight is 226 g/mol. The van der Waals surface area contributed by atoms with Gasteiger partial charge in [0.15, 0.2) is 5.65 Å². The summed E-state index contributed by atoms with van der Waals surface area (Å²) in [4.78, 5) is 8.15. The minimum absolute atomic E-state index is 0.220. The summed E-state index contributed by atoms with van der Waals surface area (Å²) < 4.78 is 0. The number of aromatic nitrogens is 4. The van der Waals surface area contributed by atoms with Crippen LogP contribution in [0.3, 0.4) is 0 Å². The van der Waals surface area contributed by atoms with Crippen LogP contribution in [0.25, 0.3) is 11.0 Å². The SMILES string of the molecule is CC(C)CNc1nc(Cl)nc2[nH]ncc12. The van der Waals surface area contributed by atoms with Gasteiger partial charge >= 0.3 is 0 Å². The zero-order valence-electron chi connectivity index (χ0n) is 8.58. The van der Waals surface area contributed by atoms with E-state index in [9.17, 15) is 0 Å². The molecule has 0 aromatic carbocycles. The van der Waals surface area contributed by atoms with Crippen LogP contribution in [-0.4, -0.2) is 26.7 Å². The van der Waals surface area contributed by atoms with Crippen molar-refractivity contribution >= 4 is 28.5 Å². The second-order valence-corrected chi connectivity index (χ2v) is 4.09. The first-order chi connectivity index (χ1) is 7.16. The van der Waals surface area contributed by atoms with Crippen molar-refractivity contribution in [3.63, 3.8) is 0 Å². The highest BCUT2D eigenvalue weighted by molar-refractivity contribution is 6.28. The van der Waals surface area contributed by atoms with Crippen LogP contribution in [0.15, 0.2) is 6.20 Å². The van der Waals surface area contributed by atoms with Gasteiger partial charge in [-0.3, -0.25) is 5.10 Å². The summed E-state index contributed by atoms with van der Waals surface area (Å²) in [6, 6.07) is 0. The first-order valence-electron chi connectivity index (χ1n) is 4.77. The molecule has 80 valence electrons. The van der Waals surface area contributed by atoms with Crippen molar-refractivity contribution in [2.75, 3.05) is 11.9 Å². The lowest BCUT2D eigenvalue weighted by Gasteiger charge is -2.08. The smallest absolute Gasteiger partial charge is 0.226 e. The van der Waals surface area contributed by atoms with Crippen LogP contribution in [0, 0.1) is 5.92 Å². The Bertz CT molecular complexity index is 464. The number of nitrogens with one attached hydrogen (secondary N) is 2. The lowest BCUT2D eigenvalue weighted by Crippen LogP contribution is -2.09. The van der Waals surface area contributed by atoms with E-state index in [0.717, 1.165) is 17.7 Å². The van der Waals surface area contributed by atoms with Gasteiger partial charge in [-0.05, 0) is 17.5 Å². The molecule has 0 saturated carbocycles. The highest BCUT2D eigenvalue weighted by atomic mass is 35.5. The van der Waals surface area contributed by atoms with Crippen molar-refractivity contribution in [1.82, 2.24) is 20.2 Å². The lowest BCUT2D eigenvalue weighted by molar-refractivity contribution is 0.687. The molecular weight excluding hydrogens is 214 g/mol. The number of hydrogen-bond acceptors (Lipinski definition) is 4. The van der Waals surface area contributed by atoms with E-state index in [-0.39, 0.29) is 5.28 Å². The number of halogens is 1. The van der Waals surface area contributed by atoms with E-state index in [2.05, 4.69) is 39.3 Å². The number of rotatable bonds is 3. The van der Waals surface area contributed by atoms with Gasteiger partial charge in [0.05, 0.1) is 11.6 Å². The van der Waals surface area contributed by atoms with Crippen LogP contribution < -0.4 is 5.32 Å². The molecule has 0 radical (unpaired) electrons. The van der Waals surface area contributed by atoms with Gasteiger partial charge < -0.3 is 5.32 Å². The molecule has 5 nitrogen and oxygen atoms in total. The minimum atomic E-state index is 0.220. The Hall–Kier alpha value is -1.36. The van der Waals surface area contributed by atoms with Crippen molar-refractivity contribution in [2.24, 2.45) is 5.92 Å². The molecule has 0 fully saturated rings. The number of H-pyrrole nitrogens is 1. The zero-order valence-corrected chi connectivity index (χ0v) is 9.34. The first kappa shape index (κ1) is 10.2. The summed E-state index contributed by atoms with van der Waals surface area (Å²) in [5.74, 6) is 1.27. The molecule has 0 amide bonds. The number of anilines is 1. The van der Waals surface area contributed by atoms with Crippen molar-refractivity contribution in [3.05, 3.63) is 11.5 Å². The predicted octanol–water partition coefficient (Wildman–Crippen LogP) is 2.07. The van der Waals surface area contributed by atoms with Crippen molar-refractivity contribution in [1.29, 1.82) is 0 Å². The molecule has 2 N–H and O–H groups in total. The number of nitrogens with zero attached hydrogens (tertiary/aromatic N) is 3. The molecule has 0 saturated heterocycles. The Morgan fingerprint density at radius 1 is 1.47 bits per heavy atom. The van der Waals surface area contributed by atoms with E-state index in [4.69, 9.17) is 11.6 Å². The van der Waals surface area contributed by atoms with Crippen LogP contribution in [0.5, 0.6) is 0 Å². The number of fused-ring (bicyclic) bond motifs is 1. The normalized spacial score (nSPS) is 11.2. The monoisotopic (exact) mass is 225 g/mol. The van der Waals surface area contributed by atoms with Crippen LogP contribution >= 0.6 is 11.6 Å². The van der Waals surface area contributed by atoms with E-state index in [1.165, 1.54) is 0 Å². The van der Waals surface area contributed by atoms with Gasteiger partial charge in [0, 0.05) is 6.54 Å². The van der Waals surface area contributed by atoms with Crippen molar-refractivity contribution in [2.45, 2.75) is 13.8 Å². The van der Waals surface area contributed by atoms with Gasteiger partial charge in [0.25, 0.3) is 0 Å². The first-order valence-corrected chi connectivity index (χ1v) is 5.15. The minimum Gasteiger partial charge on any atom is -0.369 e. The Balaban J connectivity index is 2.35. The largest absolute Gasteiger partial charge is 0.369 e. The third-order valence-electron chi connectivity index (χ3n) is 1.96. The summed E-state index contributed by atoms with van der Waals surface area (Å²) >= 11 is 5.79. The van der Waals surface area contributed by atoms with E-state index in [0.29, 0.717) is 11.6 Å². The maximum atomic E-state index is 5.79. The second-order valence-electron chi connectivity index (χ2n) is 3.75. The molecule has 0 spiro atoms. The van der Waals surface area contributed by atoms with Crippen LogP contribution in [0.4, 0.5) is 5.82 Å². The standard InChI is InChI=1S/C9H12ClN5/c1-5(2)3-11-7-6-4-12-15-8(6)14-9(10)13-7/h4-5H,3H2,1-2H3,(H2,11,12,13,14,15). The fourth-order valence-electron chi connectivity index (χ4n) is 1.24. The van der Waals surface area contributed by atoms with Gasteiger partial charge in [-0.15, -0.1) is 0 Å². The van der Waals surface area contributed by atoms with Crippen molar-refractivity contribution in [3.8, 4) is 0 Å². The second kappa shape index (κ2) is 4.02. The predicted molar refractivity (Wildman–Crippen MR) is 60.0 cm³/mol. The zero-order chi connectivity index (χ0) is 10.8. The fourth-order valence-corrected chi connectivity index (χ4v) is 1.41. The fraction of sp³-hybridized carbons (Fsp3) is 0.444. The summed E-state index contributed by atoms with van der Waals surface area (Å²) in [5, 5.41) is 11.0. The molecule has 0 aliphatic carbocycles. The third-order valence-corrected chi connectivity index (χ3v) is 2.13. The molecule has 0 atom stereocenters. The Kier molecular flexibility index (Phi) is 2.73. The van der Waals surface area contributed by atoms with Gasteiger partial charge in [0.2, 0.25) is 5.28 Å². The van der Waals surface area contributed by atoms with E-state index in [1.54, 1.807) is 6.20 Å². The molecule has 0 aliphatic heterocycles. The highest BCUT2D eigenvalue weighted by Crippen LogP contribution is 2.19. The average Bonchev–Trinajstić information content (AvgIpc) is 2.61. The molecule has 2 aromatic heterocycles. The molecule has 0 unspecified atom stereocenters. The van der Waals surface area contributed by atoms with Gasteiger partial charge in [0.1, 0.15) is 5.82 Å². The molecule has 2 heterocycles. The van der Waals surface area contributed by atoms with E-state index in [1.807, 2.05) is 0 Å². The molecular formula is C9H12ClN5. The number of aromatic amines is 1. The van der Waals surface area contributed by atoms with Crippen LogP contribution in [-0.2, 0) is 0 Å². The lowest BCUT2D eigenvalue weighted by atomic mass is 10.2. The maximum Gasteiger partial charge on any atom is 0.226 e. The third kappa shape index (κ3) is 2.18. The molecule has 2 aromatic rings. The molecule has 15 heavy (non-hydrogen) atoms. The Morgan fingerprint density at radius 2 is 2.27 bits per heavy atom. The maximum absolute atomic E-state index is 5.79. The highest BCUT2D eigenvalue weighted by Gasteiger charge is 2.08. The summed E-state index contributed by atoms with van der Waals surface area (Å²) in [6.07, 6.45) is 1.69. The van der Waals surface area contributed by atoms with Gasteiger partial charge in [-0.2, -0.15) is 15.1 Å². The van der Waals surface area contributed by atoms with Crippen LogP contribution in [0.1, 0.15) is 13.8 Å². The van der Waals surface area contributed by atoms with E-state index < -0.39 is 0 Å². The van der Waals surface area contributed by atoms with Crippen molar-refractivity contribution < 1.29 is 0 Å². The van der Waals surface area contributed by atoms with Crippen LogP contribution in [0.2, 0.25) is 5.28 Å². The summed E-state index contributed by atoms with van der Waals surface area (Å²) in [6.45, 7) is 5.10. The van der Waals surface area contributed by atoms with Gasteiger partial charge in [-0.25, -0.2) is 0 Å². The topological polar surface area (TPSA) is 66.5 Å². The molecule has 0 aliphatic rings. The van der Waals surface area contributed by atoms with E-state index >= 15 is 0 Å².